The summed E-state index contributed by atoms with van der Waals surface area (Å²) < 4.78 is 11.3. The van der Waals surface area contributed by atoms with Crippen molar-refractivity contribution in [2.75, 3.05) is 19.0 Å². The zero-order valence-corrected chi connectivity index (χ0v) is 16.9. The van der Waals surface area contributed by atoms with Gasteiger partial charge in [0.25, 0.3) is 11.8 Å². The molecule has 1 atom stereocenters. The molecule has 1 aromatic heterocycles. The molecule has 30 heavy (non-hydrogen) atoms. The first-order valence-corrected chi connectivity index (χ1v) is 9.55. The monoisotopic (exact) mass is 410 g/mol. The molecule has 1 fully saturated rings. The van der Waals surface area contributed by atoms with Gasteiger partial charge in [-0.05, 0) is 25.5 Å². The molecule has 4 rings (SSSR count). The Bertz CT molecular complexity index is 1170. The predicted octanol–water partition coefficient (Wildman–Crippen LogP) is 2.76. The summed E-state index contributed by atoms with van der Waals surface area (Å²) in [7, 11) is 1.54. The van der Waals surface area contributed by atoms with E-state index in [4.69, 9.17) is 9.15 Å². The van der Waals surface area contributed by atoms with Crippen molar-refractivity contribution < 1.29 is 23.5 Å². The average molecular weight is 410 g/mol. The fourth-order valence-corrected chi connectivity index (χ4v) is 3.42. The number of methoxy groups -OCH3 is 1. The molecule has 1 aliphatic rings. The van der Waals surface area contributed by atoms with E-state index in [1.165, 1.54) is 7.11 Å². The van der Waals surface area contributed by atoms with E-state index in [2.05, 4.69) is 16.1 Å². The molecule has 3 aromatic rings. The number of nitrogens with zero attached hydrogens (tertiary/aromatic N) is 1. The normalized spacial score (nSPS) is 18.7. The van der Waals surface area contributed by atoms with E-state index in [9.17, 15) is 14.4 Å². The van der Waals surface area contributed by atoms with Crippen molar-refractivity contribution in [2.45, 2.75) is 25.8 Å². The average Bonchev–Trinajstić information content (AvgIpc) is 3.21. The van der Waals surface area contributed by atoms with Crippen LogP contribution >= 0.6 is 0 Å². The number of fused-ring (bicyclic) bond motifs is 3. The van der Waals surface area contributed by atoms with Crippen molar-refractivity contribution in [1.29, 1.82) is 0 Å². The van der Waals surface area contributed by atoms with E-state index in [-0.39, 0.29) is 6.54 Å². The maximum atomic E-state index is 12.4. The number of nitrogens with one attached hydrogen (secondary N) is 3. The number of benzene rings is 2. The molecule has 9 heteroatoms. The zero-order chi connectivity index (χ0) is 21.5. The molecular weight excluding hydrogens is 388 g/mol. The van der Waals surface area contributed by atoms with Crippen molar-refractivity contribution in [3.05, 3.63) is 36.4 Å². The van der Waals surface area contributed by atoms with Gasteiger partial charge in [-0.2, -0.15) is 5.01 Å². The van der Waals surface area contributed by atoms with E-state index < -0.39 is 23.4 Å². The fraction of sp³-hybridized carbons (Fsp3) is 0.286. The Hall–Kier alpha value is -3.75. The maximum absolute atomic E-state index is 12.4. The number of carbonyl (C=O) groups excluding carboxylic acids is 3. The molecule has 0 saturated carbocycles. The van der Waals surface area contributed by atoms with Crippen molar-refractivity contribution in [2.24, 2.45) is 0 Å². The van der Waals surface area contributed by atoms with Crippen molar-refractivity contribution >= 4 is 45.5 Å². The first kappa shape index (κ1) is 19.6. The standard InChI is InChI=1S/C21H22N4O5/c1-4-21(2)19(27)25(20(28)23-21)24-18(26)11-22-14-10-16-13(9-17(14)29-3)12-7-5-6-8-15(12)30-16/h5-10,22H,4,11H2,1-3H3,(H,23,28)(H,24,26). The third-order valence-corrected chi connectivity index (χ3v) is 5.34. The number of urea groups is 1. The first-order valence-electron chi connectivity index (χ1n) is 9.55. The molecule has 156 valence electrons. The minimum Gasteiger partial charge on any atom is -0.495 e. The molecule has 0 radical (unpaired) electrons. The van der Waals surface area contributed by atoms with Crippen molar-refractivity contribution in [3.8, 4) is 5.75 Å². The van der Waals surface area contributed by atoms with Gasteiger partial charge in [0.15, 0.2) is 0 Å². The zero-order valence-electron chi connectivity index (χ0n) is 16.9. The number of hydrogen-bond acceptors (Lipinski definition) is 6. The van der Waals surface area contributed by atoms with Crippen LogP contribution in [0.1, 0.15) is 20.3 Å². The Balaban J connectivity index is 1.50. The summed E-state index contributed by atoms with van der Waals surface area (Å²) in [4.78, 5) is 36.8. The van der Waals surface area contributed by atoms with Crippen LogP contribution < -0.4 is 20.8 Å². The Morgan fingerprint density at radius 1 is 1.20 bits per heavy atom. The number of ether oxygens (including phenoxy) is 1. The summed E-state index contributed by atoms with van der Waals surface area (Å²) in [5.41, 5.74) is 3.27. The maximum Gasteiger partial charge on any atom is 0.344 e. The molecule has 0 aliphatic carbocycles. The predicted molar refractivity (Wildman–Crippen MR) is 111 cm³/mol. The lowest BCUT2D eigenvalue weighted by Crippen LogP contribution is -2.50. The summed E-state index contributed by atoms with van der Waals surface area (Å²) in [6.45, 7) is 3.22. The molecule has 1 unspecified atom stereocenters. The summed E-state index contributed by atoms with van der Waals surface area (Å²) >= 11 is 0. The number of furan rings is 1. The molecule has 0 spiro atoms. The highest BCUT2D eigenvalue weighted by Gasteiger charge is 2.47. The summed E-state index contributed by atoms with van der Waals surface area (Å²) in [6.07, 6.45) is 0.414. The topological polar surface area (TPSA) is 113 Å². The summed E-state index contributed by atoms with van der Waals surface area (Å²) in [5.74, 6) is -0.509. The number of hydrazine groups is 1. The second-order valence-electron chi connectivity index (χ2n) is 7.29. The summed E-state index contributed by atoms with van der Waals surface area (Å²) in [6, 6.07) is 10.6. The van der Waals surface area contributed by atoms with Gasteiger partial charge in [-0.3, -0.25) is 15.0 Å². The second kappa shape index (κ2) is 7.25. The number of imide groups is 1. The fourth-order valence-electron chi connectivity index (χ4n) is 3.42. The lowest BCUT2D eigenvalue weighted by molar-refractivity contribution is -0.138. The van der Waals surface area contributed by atoms with E-state index in [1.54, 1.807) is 19.9 Å². The summed E-state index contributed by atoms with van der Waals surface area (Å²) in [5, 5.41) is 8.13. The van der Waals surface area contributed by atoms with Gasteiger partial charge in [0.05, 0.1) is 19.3 Å². The van der Waals surface area contributed by atoms with Crippen LogP contribution in [0.2, 0.25) is 0 Å². The van der Waals surface area contributed by atoms with E-state index in [0.29, 0.717) is 28.4 Å². The molecular formula is C21H22N4O5. The minimum atomic E-state index is -1.02. The number of amides is 4. The van der Waals surface area contributed by atoms with E-state index in [1.807, 2.05) is 30.3 Å². The first-order chi connectivity index (χ1) is 14.4. The van der Waals surface area contributed by atoms with Crippen molar-refractivity contribution in [3.63, 3.8) is 0 Å². The smallest absolute Gasteiger partial charge is 0.344 e. The van der Waals surface area contributed by atoms with Gasteiger partial charge in [-0.1, -0.05) is 25.1 Å². The molecule has 4 amide bonds. The number of para-hydroxylation sites is 1. The van der Waals surface area contributed by atoms with Crippen LogP contribution in [0.5, 0.6) is 5.75 Å². The Kier molecular flexibility index (Phi) is 4.73. The third-order valence-electron chi connectivity index (χ3n) is 5.34. The van der Waals surface area contributed by atoms with Crippen LogP contribution in [0.3, 0.4) is 0 Å². The van der Waals surface area contributed by atoms with Gasteiger partial charge in [-0.25, -0.2) is 4.79 Å². The molecule has 1 saturated heterocycles. The van der Waals surface area contributed by atoms with Crippen LogP contribution in [-0.2, 0) is 9.59 Å². The Labute approximate surface area is 172 Å². The SMILES string of the molecule is CCC1(C)NC(=O)N(NC(=O)CNc2cc3oc4ccccc4c3cc2OC)C1=O. The molecule has 9 nitrogen and oxygen atoms in total. The van der Waals surface area contributed by atoms with Gasteiger partial charge in [0.1, 0.15) is 22.5 Å². The quantitative estimate of drug-likeness (QED) is 0.539. The minimum absolute atomic E-state index is 0.179. The molecule has 3 N–H and O–H groups in total. The third kappa shape index (κ3) is 3.18. The van der Waals surface area contributed by atoms with E-state index >= 15 is 0 Å². The Morgan fingerprint density at radius 3 is 2.67 bits per heavy atom. The van der Waals surface area contributed by atoms with Crippen molar-refractivity contribution in [1.82, 2.24) is 15.8 Å². The van der Waals surface area contributed by atoms with Crippen LogP contribution in [0.15, 0.2) is 40.8 Å². The van der Waals surface area contributed by atoms with Gasteiger partial charge in [-0.15, -0.1) is 0 Å². The number of anilines is 1. The van der Waals surface area contributed by atoms with Crippen LogP contribution in [-0.4, -0.2) is 42.0 Å². The Morgan fingerprint density at radius 2 is 1.97 bits per heavy atom. The van der Waals surface area contributed by atoms with Gasteiger partial charge in [0.2, 0.25) is 0 Å². The lowest BCUT2D eigenvalue weighted by Gasteiger charge is -2.19. The molecule has 1 aliphatic heterocycles. The lowest BCUT2D eigenvalue weighted by atomic mass is 10.00. The highest BCUT2D eigenvalue weighted by atomic mass is 16.5. The van der Waals surface area contributed by atoms with E-state index in [0.717, 1.165) is 16.4 Å². The van der Waals surface area contributed by atoms with Gasteiger partial charge >= 0.3 is 6.03 Å². The number of rotatable bonds is 6. The van der Waals surface area contributed by atoms with Crippen LogP contribution in [0, 0.1) is 0 Å². The largest absolute Gasteiger partial charge is 0.495 e. The number of carbonyl (C=O) groups is 3. The van der Waals surface area contributed by atoms with Crippen LogP contribution in [0.4, 0.5) is 10.5 Å². The van der Waals surface area contributed by atoms with Gasteiger partial charge < -0.3 is 19.8 Å². The molecule has 0 bridgehead atoms. The molecule has 2 heterocycles. The highest BCUT2D eigenvalue weighted by Crippen LogP contribution is 2.36. The number of hydrogen-bond donors (Lipinski definition) is 3. The van der Waals surface area contributed by atoms with Crippen LogP contribution in [0.25, 0.3) is 21.9 Å². The van der Waals surface area contributed by atoms with Gasteiger partial charge in [0, 0.05) is 16.8 Å². The highest BCUT2D eigenvalue weighted by molar-refractivity contribution is 6.08. The second-order valence-corrected chi connectivity index (χ2v) is 7.29. The molecule has 2 aromatic carbocycles.